The molecule has 11 heteroatoms. The summed E-state index contributed by atoms with van der Waals surface area (Å²) in [6.45, 7) is 0.423. The Hall–Kier alpha value is -4.54. The molecule has 2 aromatic carbocycles. The molecule has 0 aliphatic carbocycles. The van der Waals surface area contributed by atoms with Crippen molar-refractivity contribution in [3.63, 3.8) is 0 Å². The van der Waals surface area contributed by atoms with Gasteiger partial charge < -0.3 is 16.4 Å². The zero-order valence-corrected chi connectivity index (χ0v) is 18.6. The highest BCUT2D eigenvalue weighted by atomic mass is 16.2. The number of benzene rings is 2. The molecule has 0 bridgehead atoms. The van der Waals surface area contributed by atoms with E-state index >= 15 is 0 Å². The summed E-state index contributed by atoms with van der Waals surface area (Å²) in [6.07, 6.45) is 0.837. The lowest BCUT2D eigenvalue weighted by atomic mass is 10.0. The molecule has 0 aromatic heterocycles. The summed E-state index contributed by atoms with van der Waals surface area (Å²) in [4.78, 5) is 73.5. The van der Waals surface area contributed by atoms with E-state index in [2.05, 4.69) is 16.0 Å². The van der Waals surface area contributed by atoms with Crippen molar-refractivity contribution in [2.75, 3.05) is 17.2 Å². The third kappa shape index (κ3) is 5.03. The molecule has 2 aliphatic heterocycles. The predicted octanol–water partition coefficient (Wildman–Crippen LogP) is 1.02. The van der Waals surface area contributed by atoms with E-state index in [4.69, 9.17) is 5.73 Å². The Labute approximate surface area is 200 Å². The molecule has 180 valence electrons. The summed E-state index contributed by atoms with van der Waals surface area (Å²) in [5.74, 6) is -3.05. The Morgan fingerprint density at radius 3 is 2.51 bits per heavy atom. The van der Waals surface area contributed by atoms with Gasteiger partial charge in [-0.15, -0.1) is 0 Å². The van der Waals surface area contributed by atoms with Crippen LogP contribution in [0.3, 0.4) is 0 Å². The third-order valence-electron chi connectivity index (χ3n) is 5.78. The van der Waals surface area contributed by atoms with Crippen LogP contribution < -0.4 is 21.7 Å². The second-order valence-corrected chi connectivity index (χ2v) is 8.23. The summed E-state index contributed by atoms with van der Waals surface area (Å²) in [6, 6.07) is 10.0. The Balaban J connectivity index is 1.31. The van der Waals surface area contributed by atoms with Gasteiger partial charge in [-0.3, -0.25) is 39.0 Å². The molecule has 0 spiro atoms. The van der Waals surface area contributed by atoms with Crippen molar-refractivity contribution >= 4 is 46.8 Å². The summed E-state index contributed by atoms with van der Waals surface area (Å²) in [7, 11) is 0. The van der Waals surface area contributed by atoms with Crippen LogP contribution in [0.4, 0.5) is 11.4 Å². The number of hydrogen-bond acceptors (Lipinski definition) is 7. The molecule has 1 atom stereocenters. The number of amides is 6. The van der Waals surface area contributed by atoms with Crippen LogP contribution in [0.25, 0.3) is 0 Å². The molecule has 2 aliphatic rings. The largest absolute Gasteiger partial charge is 0.385 e. The summed E-state index contributed by atoms with van der Waals surface area (Å²) in [5, 5.41) is 7.98. The van der Waals surface area contributed by atoms with E-state index in [-0.39, 0.29) is 36.3 Å². The van der Waals surface area contributed by atoms with E-state index in [1.807, 2.05) is 0 Å². The first-order chi connectivity index (χ1) is 16.7. The summed E-state index contributed by atoms with van der Waals surface area (Å²) >= 11 is 0. The second kappa shape index (κ2) is 9.75. The molecule has 2 aromatic rings. The van der Waals surface area contributed by atoms with Crippen LogP contribution in [-0.2, 0) is 14.4 Å². The molecule has 6 amide bonds. The first kappa shape index (κ1) is 23.6. The van der Waals surface area contributed by atoms with Crippen LogP contribution in [0, 0.1) is 0 Å². The number of nitrogens with one attached hydrogen (secondary N) is 3. The van der Waals surface area contributed by atoms with Gasteiger partial charge in [-0.1, -0.05) is 6.07 Å². The van der Waals surface area contributed by atoms with E-state index in [0.717, 1.165) is 4.90 Å². The van der Waals surface area contributed by atoms with Gasteiger partial charge in [-0.2, -0.15) is 0 Å². The quantitative estimate of drug-likeness (QED) is 0.325. The highest BCUT2D eigenvalue weighted by Gasteiger charge is 2.44. The number of nitrogens with two attached hydrogens (primary N) is 1. The topological polar surface area (TPSA) is 168 Å². The predicted molar refractivity (Wildman–Crippen MR) is 124 cm³/mol. The van der Waals surface area contributed by atoms with Crippen molar-refractivity contribution in [2.45, 2.75) is 31.7 Å². The number of nitrogens with zero attached hydrogens (tertiary/aromatic N) is 1. The van der Waals surface area contributed by atoms with E-state index in [1.54, 1.807) is 24.3 Å². The fourth-order valence-electron chi connectivity index (χ4n) is 4.04. The molecule has 1 saturated heterocycles. The van der Waals surface area contributed by atoms with Crippen molar-refractivity contribution in [2.24, 2.45) is 5.73 Å². The molecule has 2 heterocycles. The van der Waals surface area contributed by atoms with Gasteiger partial charge in [0, 0.05) is 36.3 Å². The summed E-state index contributed by atoms with van der Waals surface area (Å²) in [5.41, 5.74) is 6.97. The average Bonchev–Trinajstić information content (AvgIpc) is 3.06. The van der Waals surface area contributed by atoms with Crippen molar-refractivity contribution in [1.29, 1.82) is 0 Å². The van der Waals surface area contributed by atoms with Crippen LogP contribution in [0.2, 0.25) is 0 Å². The van der Waals surface area contributed by atoms with Gasteiger partial charge in [0.05, 0.1) is 11.1 Å². The van der Waals surface area contributed by atoms with Crippen LogP contribution >= 0.6 is 0 Å². The number of hydrogen-bond donors (Lipinski definition) is 4. The minimum absolute atomic E-state index is 0.0563. The smallest absolute Gasteiger partial charge is 0.262 e. The molecule has 1 unspecified atom stereocenters. The number of anilines is 2. The Morgan fingerprint density at radius 1 is 1.00 bits per heavy atom. The maximum atomic E-state index is 12.9. The van der Waals surface area contributed by atoms with Crippen molar-refractivity contribution in [3.05, 3.63) is 59.2 Å². The molecule has 4 rings (SSSR count). The van der Waals surface area contributed by atoms with Crippen molar-refractivity contribution in [3.8, 4) is 0 Å². The maximum absolute atomic E-state index is 12.9. The van der Waals surface area contributed by atoms with Gasteiger partial charge in [-0.25, -0.2) is 0 Å². The average molecular weight is 477 g/mol. The molecule has 5 N–H and O–H groups in total. The van der Waals surface area contributed by atoms with Gasteiger partial charge >= 0.3 is 0 Å². The second-order valence-electron chi connectivity index (χ2n) is 8.23. The molecule has 0 saturated carbocycles. The lowest BCUT2D eigenvalue weighted by Crippen LogP contribution is -2.54. The molecule has 11 nitrogen and oxygen atoms in total. The zero-order chi connectivity index (χ0) is 25.1. The minimum atomic E-state index is -1.02. The van der Waals surface area contributed by atoms with Gasteiger partial charge in [0.15, 0.2) is 0 Å². The third-order valence-corrected chi connectivity index (χ3v) is 5.78. The minimum Gasteiger partial charge on any atom is -0.385 e. The number of primary amides is 1. The van der Waals surface area contributed by atoms with Gasteiger partial charge in [0.25, 0.3) is 11.8 Å². The first-order valence-electron chi connectivity index (χ1n) is 11.0. The van der Waals surface area contributed by atoms with E-state index in [0.29, 0.717) is 29.9 Å². The lowest BCUT2D eigenvalue weighted by Gasteiger charge is -2.27. The summed E-state index contributed by atoms with van der Waals surface area (Å²) < 4.78 is 0. The number of fused-ring (bicyclic) bond motifs is 1. The van der Waals surface area contributed by atoms with Crippen molar-refractivity contribution < 1.29 is 28.8 Å². The molecule has 0 radical (unpaired) electrons. The van der Waals surface area contributed by atoms with Crippen LogP contribution in [0.15, 0.2) is 42.5 Å². The lowest BCUT2D eigenvalue weighted by molar-refractivity contribution is -0.136. The highest BCUT2D eigenvalue weighted by Crippen LogP contribution is 2.29. The first-order valence-corrected chi connectivity index (χ1v) is 11.0. The normalized spacial score (nSPS) is 17.1. The fraction of sp³-hybridized carbons (Fsp3) is 0.250. The monoisotopic (exact) mass is 477 g/mol. The van der Waals surface area contributed by atoms with Crippen LogP contribution in [0.1, 0.15) is 56.8 Å². The number of piperidine rings is 1. The Morgan fingerprint density at radius 2 is 1.77 bits per heavy atom. The number of carbonyl (C=O) groups excluding carboxylic acids is 6. The highest BCUT2D eigenvalue weighted by molar-refractivity contribution is 6.23. The van der Waals surface area contributed by atoms with Crippen LogP contribution in [0.5, 0.6) is 0 Å². The molecular formula is C24H23N5O6. The fourth-order valence-corrected chi connectivity index (χ4v) is 4.04. The zero-order valence-electron chi connectivity index (χ0n) is 18.6. The Bertz CT molecular complexity index is 1260. The molecule has 1 fully saturated rings. The van der Waals surface area contributed by atoms with E-state index in [1.165, 1.54) is 18.2 Å². The van der Waals surface area contributed by atoms with E-state index < -0.39 is 35.6 Å². The van der Waals surface area contributed by atoms with Crippen molar-refractivity contribution in [1.82, 2.24) is 10.2 Å². The van der Waals surface area contributed by atoms with Gasteiger partial charge in [-0.05, 0) is 49.2 Å². The SMILES string of the molecule is NC(=O)c1cccc(NC(=O)CCCNc2ccc3c(c2)C(=O)N(C2CCC(=O)NC2=O)C3=O)c1. The number of imide groups is 2. The van der Waals surface area contributed by atoms with Gasteiger partial charge in [0.2, 0.25) is 23.6 Å². The molecule has 35 heavy (non-hydrogen) atoms. The maximum Gasteiger partial charge on any atom is 0.262 e. The molecular weight excluding hydrogens is 454 g/mol. The number of rotatable bonds is 8. The van der Waals surface area contributed by atoms with Crippen LogP contribution in [-0.4, -0.2) is 52.9 Å². The van der Waals surface area contributed by atoms with E-state index in [9.17, 15) is 28.8 Å². The number of carbonyl (C=O) groups is 6. The van der Waals surface area contributed by atoms with Gasteiger partial charge in [0.1, 0.15) is 6.04 Å². The standard InChI is InChI=1S/C24H23N5O6/c25-21(32)13-3-1-4-15(11-13)27-19(30)5-2-10-26-14-6-7-16-17(12-14)24(35)29(23(16)34)18-8-9-20(31)28-22(18)33/h1,3-4,6-7,11-12,18,26H,2,5,8-10H2,(H2,25,32)(H,27,30)(H,28,31,33). The Kier molecular flexibility index (Phi) is 6.58.